The number of fused-ring (bicyclic) bond motifs is 1. The molecule has 1 aliphatic heterocycles. The summed E-state index contributed by atoms with van der Waals surface area (Å²) < 4.78 is 24.3. The van der Waals surface area contributed by atoms with Crippen LogP contribution in [0.2, 0.25) is 5.02 Å². The molecule has 1 unspecified atom stereocenters. The Morgan fingerprint density at radius 2 is 2.15 bits per heavy atom. The molecule has 0 radical (unpaired) electrons. The van der Waals surface area contributed by atoms with Crippen LogP contribution in [0.25, 0.3) is 0 Å². The third-order valence-electron chi connectivity index (χ3n) is 4.19. The number of hydrogen-bond donors (Lipinski definition) is 3. The Morgan fingerprint density at radius 1 is 1.41 bits per heavy atom. The van der Waals surface area contributed by atoms with Crippen LogP contribution in [0.1, 0.15) is 19.4 Å². The van der Waals surface area contributed by atoms with E-state index in [1.54, 1.807) is 26.0 Å². The Morgan fingerprint density at radius 3 is 2.81 bits per heavy atom. The molecule has 0 saturated carbocycles. The van der Waals surface area contributed by atoms with Crippen molar-refractivity contribution >= 4 is 28.9 Å². The molecule has 1 aliphatic rings. The molecule has 27 heavy (non-hydrogen) atoms. The van der Waals surface area contributed by atoms with Gasteiger partial charge < -0.3 is 25.2 Å². The van der Waals surface area contributed by atoms with Crippen molar-refractivity contribution in [2.24, 2.45) is 0 Å². The topological polar surface area (TPSA) is 79.8 Å². The van der Waals surface area contributed by atoms with E-state index in [1.165, 1.54) is 25.3 Å². The van der Waals surface area contributed by atoms with Crippen LogP contribution in [-0.4, -0.2) is 30.8 Å². The molecule has 8 heteroatoms. The van der Waals surface area contributed by atoms with Crippen LogP contribution in [0.4, 0.5) is 15.8 Å². The number of ether oxygens (including phenoxy) is 2. The van der Waals surface area contributed by atoms with Crippen LogP contribution in [-0.2, 0) is 10.4 Å². The lowest BCUT2D eigenvalue weighted by Crippen LogP contribution is -2.41. The fourth-order valence-electron chi connectivity index (χ4n) is 2.79. The van der Waals surface area contributed by atoms with Crippen LogP contribution in [0, 0.1) is 5.82 Å². The van der Waals surface area contributed by atoms with Gasteiger partial charge in [0.15, 0.2) is 6.10 Å². The highest BCUT2D eigenvalue weighted by Crippen LogP contribution is 2.37. The summed E-state index contributed by atoms with van der Waals surface area (Å²) in [5.41, 5.74) is 0.268. The zero-order chi connectivity index (χ0) is 19.8. The van der Waals surface area contributed by atoms with Crippen molar-refractivity contribution in [2.75, 3.05) is 24.3 Å². The number of rotatable bonds is 4. The van der Waals surface area contributed by atoms with Crippen LogP contribution < -0.4 is 20.1 Å². The minimum Gasteiger partial charge on any atom is -0.496 e. The SMILES string of the molecule is COc1cc(NC(=O)C2CNc3ccc(F)cc3O2)c(Cl)cc1C(C)(C)O. The van der Waals surface area contributed by atoms with Gasteiger partial charge in [0.1, 0.15) is 17.3 Å². The predicted molar refractivity (Wildman–Crippen MR) is 101 cm³/mol. The quantitative estimate of drug-likeness (QED) is 0.739. The summed E-state index contributed by atoms with van der Waals surface area (Å²) in [6, 6.07) is 7.16. The Kier molecular flexibility index (Phi) is 5.17. The van der Waals surface area contributed by atoms with E-state index in [2.05, 4.69) is 10.6 Å². The fourth-order valence-corrected chi connectivity index (χ4v) is 3.00. The molecule has 1 heterocycles. The van der Waals surface area contributed by atoms with Crippen LogP contribution >= 0.6 is 11.6 Å². The maximum atomic E-state index is 13.4. The highest BCUT2D eigenvalue weighted by molar-refractivity contribution is 6.34. The van der Waals surface area contributed by atoms with Gasteiger partial charge in [0.05, 0.1) is 35.7 Å². The molecule has 0 aliphatic carbocycles. The van der Waals surface area contributed by atoms with Crippen molar-refractivity contribution in [3.8, 4) is 11.5 Å². The Labute approximate surface area is 161 Å². The minimum atomic E-state index is -1.16. The number of halogens is 2. The molecule has 0 bridgehead atoms. The lowest BCUT2D eigenvalue weighted by Gasteiger charge is -2.27. The van der Waals surface area contributed by atoms with E-state index in [4.69, 9.17) is 21.1 Å². The molecule has 1 atom stereocenters. The zero-order valence-electron chi connectivity index (χ0n) is 15.1. The van der Waals surface area contributed by atoms with Gasteiger partial charge in [-0.05, 0) is 32.0 Å². The summed E-state index contributed by atoms with van der Waals surface area (Å²) in [5, 5.41) is 16.2. The summed E-state index contributed by atoms with van der Waals surface area (Å²) in [4.78, 5) is 12.6. The van der Waals surface area contributed by atoms with E-state index in [0.717, 1.165) is 0 Å². The average molecular weight is 395 g/mol. The largest absolute Gasteiger partial charge is 0.496 e. The number of methoxy groups -OCH3 is 1. The maximum Gasteiger partial charge on any atom is 0.267 e. The summed E-state index contributed by atoms with van der Waals surface area (Å²) >= 11 is 6.26. The molecule has 0 spiro atoms. The van der Waals surface area contributed by atoms with E-state index in [9.17, 15) is 14.3 Å². The van der Waals surface area contributed by atoms with Crippen molar-refractivity contribution in [1.29, 1.82) is 0 Å². The second-order valence-electron chi connectivity index (χ2n) is 6.71. The van der Waals surface area contributed by atoms with E-state index in [0.29, 0.717) is 22.7 Å². The smallest absolute Gasteiger partial charge is 0.267 e. The molecule has 1 amide bonds. The first-order chi connectivity index (χ1) is 12.7. The van der Waals surface area contributed by atoms with Gasteiger partial charge in [-0.3, -0.25) is 4.79 Å². The molecular weight excluding hydrogens is 375 g/mol. The Balaban J connectivity index is 1.80. The van der Waals surface area contributed by atoms with Crippen molar-refractivity contribution in [1.82, 2.24) is 0 Å². The van der Waals surface area contributed by atoms with Crippen molar-refractivity contribution in [3.63, 3.8) is 0 Å². The van der Waals surface area contributed by atoms with E-state index >= 15 is 0 Å². The van der Waals surface area contributed by atoms with E-state index in [-0.39, 0.29) is 17.3 Å². The highest BCUT2D eigenvalue weighted by Gasteiger charge is 2.28. The first kappa shape index (κ1) is 19.3. The van der Waals surface area contributed by atoms with Gasteiger partial charge >= 0.3 is 0 Å². The van der Waals surface area contributed by atoms with Crippen molar-refractivity contribution in [3.05, 3.63) is 46.7 Å². The zero-order valence-corrected chi connectivity index (χ0v) is 15.9. The lowest BCUT2D eigenvalue weighted by atomic mass is 9.97. The summed E-state index contributed by atoms with van der Waals surface area (Å²) in [5.74, 6) is -0.247. The van der Waals surface area contributed by atoms with Gasteiger partial charge in [0, 0.05) is 17.7 Å². The predicted octanol–water partition coefficient (Wildman–Crippen LogP) is 3.53. The standard InChI is InChI=1S/C19H20ClFN2O4/c1-19(2,25)11-7-12(20)14(8-15(11)26-3)23-18(24)17-9-22-13-5-4-10(21)6-16(13)27-17/h4-8,17,22,25H,9H2,1-3H3,(H,23,24). The molecule has 0 saturated heterocycles. The van der Waals surface area contributed by atoms with Crippen LogP contribution in [0.5, 0.6) is 11.5 Å². The number of aliphatic hydroxyl groups is 1. The molecule has 2 aromatic rings. The van der Waals surface area contributed by atoms with Gasteiger partial charge in [-0.15, -0.1) is 0 Å². The third kappa shape index (κ3) is 4.09. The van der Waals surface area contributed by atoms with E-state index in [1.807, 2.05) is 0 Å². The summed E-state index contributed by atoms with van der Waals surface area (Å²) in [6.45, 7) is 3.44. The van der Waals surface area contributed by atoms with Gasteiger partial charge in [-0.1, -0.05) is 11.6 Å². The lowest BCUT2D eigenvalue weighted by molar-refractivity contribution is -0.122. The molecule has 0 fully saturated rings. The fraction of sp³-hybridized carbons (Fsp3) is 0.316. The number of benzene rings is 2. The van der Waals surface area contributed by atoms with Gasteiger partial charge in [0.25, 0.3) is 5.91 Å². The van der Waals surface area contributed by atoms with Gasteiger partial charge in [0.2, 0.25) is 0 Å². The monoisotopic (exact) mass is 394 g/mol. The molecule has 3 rings (SSSR count). The normalized spacial score (nSPS) is 16.0. The number of amides is 1. The third-order valence-corrected chi connectivity index (χ3v) is 4.50. The van der Waals surface area contributed by atoms with E-state index < -0.39 is 23.4 Å². The van der Waals surface area contributed by atoms with Crippen molar-refractivity contribution in [2.45, 2.75) is 25.6 Å². The Hall–Kier alpha value is -2.51. The molecule has 3 N–H and O–H groups in total. The molecule has 144 valence electrons. The first-order valence-electron chi connectivity index (χ1n) is 8.30. The number of nitrogens with one attached hydrogen (secondary N) is 2. The second kappa shape index (κ2) is 7.25. The summed E-state index contributed by atoms with van der Waals surface area (Å²) in [7, 11) is 1.46. The number of anilines is 2. The number of carbonyl (C=O) groups is 1. The summed E-state index contributed by atoms with van der Waals surface area (Å²) in [6.07, 6.45) is -0.865. The van der Waals surface area contributed by atoms with Crippen LogP contribution in [0.15, 0.2) is 30.3 Å². The van der Waals surface area contributed by atoms with Gasteiger partial charge in [-0.25, -0.2) is 4.39 Å². The van der Waals surface area contributed by atoms with Crippen LogP contribution in [0.3, 0.4) is 0 Å². The molecular formula is C19H20ClFN2O4. The average Bonchev–Trinajstić information content (AvgIpc) is 2.61. The van der Waals surface area contributed by atoms with Crippen molar-refractivity contribution < 1.29 is 23.8 Å². The molecule has 2 aromatic carbocycles. The highest BCUT2D eigenvalue weighted by atomic mass is 35.5. The Bertz CT molecular complexity index is 883. The molecule has 6 nitrogen and oxygen atoms in total. The first-order valence-corrected chi connectivity index (χ1v) is 8.68. The van der Waals surface area contributed by atoms with Gasteiger partial charge in [-0.2, -0.15) is 0 Å². The molecule has 0 aromatic heterocycles. The number of hydrogen-bond acceptors (Lipinski definition) is 5. The maximum absolute atomic E-state index is 13.4. The second-order valence-corrected chi connectivity index (χ2v) is 7.12. The number of carbonyl (C=O) groups excluding carboxylic acids is 1. The minimum absolute atomic E-state index is 0.223.